The van der Waals surface area contributed by atoms with Crippen LogP contribution in [-0.4, -0.2) is 19.1 Å². The van der Waals surface area contributed by atoms with Crippen LogP contribution in [0.15, 0.2) is 76.7 Å². The van der Waals surface area contributed by atoms with Gasteiger partial charge in [0.05, 0.1) is 33.4 Å². The Balaban J connectivity index is 1.65. The highest BCUT2D eigenvalue weighted by atomic mass is 32.2. The van der Waals surface area contributed by atoms with Crippen LogP contribution in [0.25, 0.3) is 27.6 Å². The number of hydrogen-bond acceptors (Lipinski definition) is 4. The highest BCUT2D eigenvalue weighted by Crippen LogP contribution is 2.29. The molecule has 5 rings (SSSR count). The van der Waals surface area contributed by atoms with Gasteiger partial charge in [-0.3, -0.25) is 13.9 Å². The largest absolute Gasteiger partial charge is 0.320 e. The predicted molar refractivity (Wildman–Crippen MR) is 118 cm³/mol. The SMILES string of the molecule is O=c1c2ccccc2nc(SCc2nc3ccccc3n2C(F)F)n1-c1ccc(F)cc1F. The van der Waals surface area contributed by atoms with E-state index in [-0.39, 0.29) is 33.3 Å². The second-order valence-corrected chi connectivity index (χ2v) is 8.04. The molecule has 10 heteroatoms. The van der Waals surface area contributed by atoms with Gasteiger partial charge in [0.1, 0.15) is 17.5 Å². The molecular formula is C23H14F4N4OS. The average molecular weight is 470 g/mol. The molecule has 33 heavy (non-hydrogen) atoms. The standard InChI is InChI=1S/C23H14F4N4OS/c24-13-9-10-18(15(25)11-13)31-21(32)14-5-1-2-6-16(14)29-23(31)33-12-20-28-17-7-3-4-8-19(17)30(20)22(26)27/h1-11,22H,12H2. The van der Waals surface area contributed by atoms with Crippen molar-refractivity contribution < 1.29 is 17.6 Å². The molecule has 166 valence electrons. The first kappa shape index (κ1) is 21.2. The number of alkyl halides is 2. The number of aromatic nitrogens is 4. The Labute approximate surface area is 188 Å². The fraction of sp³-hybridized carbons (Fsp3) is 0.0870. The van der Waals surface area contributed by atoms with E-state index in [2.05, 4.69) is 9.97 Å². The minimum Gasteiger partial charge on any atom is -0.269 e. The molecule has 0 aliphatic carbocycles. The zero-order valence-corrected chi connectivity index (χ0v) is 17.6. The molecule has 0 aliphatic rings. The minimum atomic E-state index is -2.82. The van der Waals surface area contributed by atoms with E-state index < -0.39 is 23.7 Å². The molecule has 2 heterocycles. The number of benzene rings is 3. The third-order valence-electron chi connectivity index (χ3n) is 5.09. The van der Waals surface area contributed by atoms with Crippen molar-refractivity contribution in [3.8, 4) is 5.69 Å². The second kappa shape index (κ2) is 8.36. The lowest BCUT2D eigenvalue weighted by molar-refractivity contribution is 0.0722. The Hall–Kier alpha value is -3.66. The first-order valence-corrected chi connectivity index (χ1v) is 10.8. The van der Waals surface area contributed by atoms with Gasteiger partial charge in [-0.05, 0) is 36.4 Å². The summed E-state index contributed by atoms with van der Waals surface area (Å²) < 4.78 is 57.5. The molecule has 0 saturated carbocycles. The Morgan fingerprint density at radius 2 is 1.64 bits per heavy atom. The summed E-state index contributed by atoms with van der Waals surface area (Å²) in [5.41, 5.74) is 0.296. The first-order chi connectivity index (χ1) is 15.9. The van der Waals surface area contributed by atoms with Crippen LogP contribution in [0.2, 0.25) is 0 Å². The fourth-order valence-corrected chi connectivity index (χ4v) is 4.56. The van der Waals surface area contributed by atoms with Gasteiger partial charge < -0.3 is 0 Å². The van der Waals surface area contributed by atoms with E-state index >= 15 is 0 Å². The minimum absolute atomic E-state index is 0.0629. The summed E-state index contributed by atoms with van der Waals surface area (Å²) in [5.74, 6) is -1.73. The van der Waals surface area contributed by atoms with Crippen LogP contribution in [0.1, 0.15) is 12.4 Å². The van der Waals surface area contributed by atoms with E-state index in [0.717, 1.165) is 33.0 Å². The number of fused-ring (bicyclic) bond motifs is 2. The van der Waals surface area contributed by atoms with E-state index in [4.69, 9.17) is 0 Å². The van der Waals surface area contributed by atoms with Gasteiger partial charge >= 0.3 is 6.55 Å². The van der Waals surface area contributed by atoms with Crippen LogP contribution in [-0.2, 0) is 5.75 Å². The highest BCUT2D eigenvalue weighted by Gasteiger charge is 2.21. The van der Waals surface area contributed by atoms with E-state index in [9.17, 15) is 22.4 Å². The number of rotatable bonds is 5. The van der Waals surface area contributed by atoms with Crippen LogP contribution in [0.4, 0.5) is 17.6 Å². The van der Waals surface area contributed by atoms with E-state index in [1.165, 1.54) is 0 Å². The van der Waals surface area contributed by atoms with Crippen molar-refractivity contribution in [3.63, 3.8) is 0 Å². The Morgan fingerprint density at radius 1 is 0.909 bits per heavy atom. The molecular weight excluding hydrogens is 456 g/mol. The summed E-state index contributed by atoms with van der Waals surface area (Å²) in [6, 6.07) is 15.9. The zero-order chi connectivity index (χ0) is 23.1. The van der Waals surface area contributed by atoms with Crippen molar-refractivity contribution in [1.82, 2.24) is 19.1 Å². The lowest BCUT2D eigenvalue weighted by Gasteiger charge is -2.14. The maximum absolute atomic E-state index is 14.6. The number of hydrogen-bond donors (Lipinski definition) is 0. The van der Waals surface area contributed by atoms with Gasteiger partial charge in [0.25, 0.3) is 5.56 Å². The molecule has 0 aliphatic heterocycles. The Morgan fingerprint density at radius 3 is 2.39 bits per heavy atom. The maximum atomic E-state index is 14.6. The van der Waals surface area contributed by atoms with Crippen molar-refractivity contribution in [3.05, 3.63) is 94.5 Å². The molecule has 3 aromatic carbocycles. The van der Waals surface area contributed by atoms with Gasteiger partial charge in [0, 0.05) is 6.07 Å². The smallest absolute Gasteiger partial charge is 0.269 e. The van der Waals surface area contributed by atoms with Gasteiger partial charge in [0.15, 0.2) is 5.16 Å². The molecule has 5 aromatic rings. The van der Waals surface area contributed by atoms with Gasteiger partial charge in [-0.25, -0.2) is 18.7 Å². The van der Waals surface area contributed by atoms with E-state index in [0.29, 0.717) is 17.1 Å². The topological polar surface area (TPSA) is 52.7 Å². The molecule has 0 fully saturated rings. The molecule has 0 amide bonds. The number of thioether (sulfide) groups is 1. The molecule has 0 bridgehead atoms. The molecule has 2 aromatic heterocycles. The van der Waals surface area contributed by atoms with Crippen LogP contribution in [0, 0.1) is 11.6 Å². The van der Waals surface area contributed by atoms with Crippen molar-refractivity contribution in [2.75, 3.05) is 0 Å². The van der Waals surface area contributed by atoms with Crippen molar-refractivity contribution in [2.45, 2.75) is 17.5 Å². The maximum Gasteiger partial charge on any atom is 0.320 e. The normalized spacial score (nSPS) is 11.7. The third kappa shape index (κ3) is 3.76. The van der Waals surface area contributed by atoms with E-state index in [1.54, 1.807) is 48.5 Å². The number of imidazole rings is 1. The summed E-state index contributed by atoms with van der Waals surface area (Å²) in [5, 5.41) is 0.308. The molecule has 0 N–H and O–H groups in total. The molecule has 0 spiro atoms. The Bertz CT molecular complexity index is 1560. The lowest BCUT2D eigenvalue weighted by atomic mass is 10.2. The molecule has 0 radical (unpaired) electrons. The van der Waals surface area contributed by atoms with E-state index in [1.807, 2.05) is 0 Å². The highest BCUT2D eigenvalue weighted by molar-refractivity contribution is 7.98. The molecule has 5 nitrogen and oxygen atoms in total. The predicted octanol–water partition coefficient (Wildman–Crippen LogP) is 5.70. The van der Waals surface area contributed by atoms with Gasteiger partial charge in [-0.1, -0.05) is 36.0 Å². The molecule has 0 unspecified atom stereocenters. The third-order valence-corrected chi connectivity index (χ3v) is 6.02. The summed E-state index contributed by atoms with van der Waals surface area (Å²) >= 11 is 0.958. The van der Waals surface area contributed by atoms with Gasteiger partial charge in [-0.15, -0.1) is 0 Å². The summed E-state index contributed by atoms with van der Waals surface area (Å²) in [7, 11) is 0. The van der Waals surface area contributed by atoms with Gasteiger partial charge in [-0.2, -0.15) is 8.78 Å². The number of para-hydroxylation sites is 3. The lowest BCUT2D eigenvalue weighted by Crippen LogP contribution is -2.23. The Kier molecular flexibility index (Phi) is 5.37. The van der Waals surface area contributed by atoms with Crippen molar-refractivity contribution in [2.24, 2.45) is 0 Å². The number of nitrogens with zero attached hydrogens (tertiary/aromatic N) is 4. The van der Waals surface area contributed by atoms with Crippen LogP contribution in [0.3, 0.4) is 0 Å². The fourth-order valence-electron chi connectivity index (χ4n) is 3.63. The van der Waals surface area contributed by atoms with Gasteiger partial charge in [0.2, 0.25) is 0 Å². The monoisotopic (exact) mass is 470 g/mol. The van der Waals surface area contributed by atoms with Crippen molar-refractivity contribution in [1.29, 1.82) is 0 Å². The second-order valence-electron chi connectivity index (χ2n) is 7.10. The van der Waals surface area contributed by atoms with Crippen LogP contribution in [0.5, 0.6) is 0 Å². The number of halogens is 4. The first-order valence-electron chi connectivity index (χ1n) is 9.78. The summed E-state index contributed by atoms with van der Waals surface area (Å²) in [6.07, 6.45) is 0. The van der Waals surface area contributed by atoms with Crippen LogP contribution >= 0.6 is 11.8 Å². The van der Waals surface area contributed by atoms with Crippen LogP contribution < -0.4 is 5.56 Å². The summed E-state index contributed by atoms with van der Waals surface area (Å²) in [6.45, 7) is -2.82. The average Bonchev–Trinajstić information content (AvgIpc) is 3.17. The van der Waals surface area contributed by atoms with Crippen molar-refractivity contribution >= 4 is 33.7 Å². The molecule has 0 atom stereocenters. The zero-order valence-electron chi connectivity index (χ0n) is 16.8. The summed E-state index contributed by atoms with van der Waals surface area (Å²) in [4.78, 5) is 22.0. The molecule has 0 saturated heterocycles. The quantitative estimate of drug-likeness (QED) is 0.188.